The number of sulfonamides is 2. The number of hydrogen-bond acceptors (Lipinski definition) is 11. The summed E-state index contributed by atoms with van der Waals surface area (Å²) in [5.74, 6) is -4.98. The fraction of sp³-hybridized carbons (Fsp3) is 0.208. The van der Waals surface area contributed by atoms with Gasteiger partial charge in [-0.3, -0.25) is 9.78 Å². The maximum atomic E-state index is 14.5. The van der Waals surface area contributed by atoms with Gasteiger partial charge in [-0.2, -0.15) is 14.5 Å². The van der Waals surface area contributed by atoms with Gasteiger partial charge in [0.15, 0.2) is 11.0 Å². The number of nitrogens with one attached hydrogen (secondary N) is 2. The number of aliphatic carboxylic acids is 1. The minimum atomic E-state index is -4.84. The number of thioether (sulfide) groups is 1. The molecule has 1 aliphatic rings. The first-order valence-corrected chi connectivity index (χ1v) is 17.0. The van der Waals surface area contributed by atoms with E-state index >= 15 is 0 Å². The SMILES string of the molecule is CCC(NS(=O)(=O)c1ccc(F)cc1F)(C(=O)ON1C=C(CC(=O)O)SC1NS(=O)(=O)c1ccc(Cl)cc1)c1cncs1. The lowest BCUT2D eigenvalue weighted by Gasteiger charge is -2.32. The van der Waals surface area contributed by atoms with Gasteiger partial charge in [0.25, 0.3) is 0 Å². The Kier molecular flexibility index (Phi) is 9.79. The second kappa shape index (κ2) is 12.8. The first-order chi connectivity index (χ1) is 20.2. The monoisotopic (exact) mass is 694 g/mol. The van der Waals surface area contributed by atoms with E-state index in [2.05, 4.69) is 14.4 Å². The van der Waals surface area contributed by atoms with Gasteiger partial charge in [-0.05, 0) is 42.8 Å². The predicted molar refractivity (Wildman–Crippen MR) is 152 cm³/mol. The Labute approximate surface area is 257 Å². The number of benzene rings is 2. The molecule has 1 aliphatic heterocycles. The Balaban J connectivity index is 1.69. The zero-order valence-electron chi connectivity index (χ0n) is 21.7. The molecule has 2 atom stereocenters. The third-order valence-electron chi connectivity index (χ3n) is 5.88. The lowest BCUT2D eigenvalue weighted by atomic mass is 9.96. The van der Waals surface area contributed by atoms with Crippen molar-refractivity contribution >= 4 is 66.7 Å². The highest BCUT2D eigenvalue weighted by Gasteiger charge is 2.48. The highest BCUT2D eigenvalue weighted by molar-refractivity contribution is 8.04. The van der Waals surface area contributed by atoms with Gasteiger partial charge < -0.3 is 9.94 Å². The van der Waals surface area contributed by atoms with Crippen molar-refractivity contribution < 1.29 is 45.1 Å². The lowest BCUT2D eigenvalue weighted by molar-refractivity contribution is -0.189. The average molecular weight is 695 g/mol. The van der Waals surface area contributed by atoms with Crippen LogP contribution < -0.4 is 9.44 Å². The van der Waals surface area contributed by atoms with Crippen LogP contribution in [0.5, 0.6) is 0 Å². The van der Waals surface area contributed by atoms with E-state index in [-0.39, 0.29) is 26.1 Å². The quantitative estimate of drug-likeness (QED) is 0.252. The Morgan fingerprint density at radius 1 is 1.14 bits per heavy atom. The topological polar surface area (TPSA) is 172 Å². The van der Waals surface area contributed by atoms with E-state index in [0.717, 1.165) is 40.4 Å². The Bertz CT molecular complexity index is 1770. The van der Waals surface area contributed by atoms with Crippen LogP contribution in [0.4, 0.5) is 8.78 Å². The van der Waals surface area contributed by atoms with Crippen LogP contribution in [0.25, 0.3) is 0 Å². The molecular formula is C24H21ClF2N4O8S4. The van der Waals surface area contributed by atoms with Gasteiger partial charge in [0, 0.05) is 22.2 Å². The Hall–Kier alpha value is -3.13. The first kappa shape index (κ1) is 32.8. The second-order valence-corrected chi connectivity index (χ2v) is 14.6. The standard InChI is InChI=1S/C24H21ClF2N4O8S4/c1-2-24(20-11-28-13-40-20,30-43(37,38)19-8-5-15(26)9-18(19)27)22(34)39-31-12-16(10-21(32)33)41-23(31)29-42(35,36)17-6-3-14(25)4-7-17/h3-9,11-13,23,29-30H,2,10H2,1H3,(H,32,33). The Morgan fingerprint density at radius 2 is 1.84 bits per heavy atom. The first-order valence-electron chi connectivity index (χ1n) is 11.9. The van der Waals surface area contributed by atoms with Gasteiger partial charge in [-0.25, -0.2) is 30.4 Å². The lowest BCUT2D eigenvalue weighted by Crippen LogP contribution is -2.54. The molecule has 2 heterocycles. The molecule has 43 heavy (non-hydrogen) atoms. The van der Waals surface area contributed by atoms with Crippen molar-refractivity contribution in [3.8, 4) is 0 Å². The number of carboxylic acid groups (broad SMARTS) is 1. The van der Waals surface area contributed by atoms with Crippen LogP contribution in [0, 0.1) is 11.6 Å². The molecule has 0 spiro atoms. The Morgan fingerprint density at radius 3 is 2.42 bits per heavy atom. The van der Waals surface area contributed by atoms with Crippen molar-refractivity contribution in [1.29, 1.82) is 0 Å². The molecule has 0 amide bonds. The van der Waals surface area contributed by atoms with Crippen LogP contribution in [0.2, 0.25) is 5.02 Å². The van der Waals surface area contributed by atoms with Gasteiger partial charge in [0.1, 0.15) is 16.5 Å². The minimum Gasteiger partial charge on any atom is -0.481 e. The van der Waals surface area contributed by atoms with Crippen molar-refractivity contribution in [1.82, 2.24) is 19.5 Å². The molecule has 12 nitrogen and oxygen atoms in total. The van der Waals surface area contributed by atoms with Crippen LogP contribution >= 0.6 is 34.7 Å². The van der Waals surface area contributed by atoms with Gasteiger partial charge in [-0.15, -0.1) is 11.3 Å². The number of carboxylic acids is 1. The molecule has 2 aromatic carbocycles. The van der Waals surface area contributed by atoms with E-state index in [1.807, 2.05) is 0 Å². The number of aromatic nitrogens is 1. The van der Waals surface area contributed by atoms with Crippen LogP contribution in [0.1, 0.15) is 24.6 Å². The van der Waals surface area contributed by atoms with E-state index in [4.69, 9.17) is 16.4 Å². The molecule has 3 N–H and O–H groups in total. The van der Waals surface area contributed by atoms with Crippen LogP contribution in [-0.4, -0.2) is 49.4 Å². The van der Waals surface area contributed by atoms with Crippen molar-refractivity contribution in [3.63, 3.8) is 0 Å². The summed E-state index contributed by atoms with van der Waals surface area (Å²) in [4.78, 5) is 33.6. The highest BCUT2D eigenvalue weighted by atomic mass is 35.5. The van der Waals surface area contributed by atoms with Crippen LogP contribution in [-0.2, 0) is 40.0 Å². The van der Waals surface area contributed by atoms with Crippen LogP contribution in [0.3, 0.4) is 0 Å². The largest absolute Gasteiger partial charge is 0.481 e. The molecule has 0 saturated carbocycles. The van der Waals surface area contributed by atoms with Crippen molar-refractivity contribution in [2.24, 2.45) is 0 Å². The fourth-order valence-corrected chi connectivity index (χ4v) is 8.73. The molecule has 0 saturated heterocycles. The molecule has 1 aromatic heterocycles. The smallest absolute Gasteiger partial charge is 0.358 e. The summed E-state index contributed by atoms with van der Waals surface area (Å²) < 4.78 is 85.1. The second-order valence-electron chi connectivity index (χ2n) is 8.75. The van der Waals surface area contributed by atoms with E-state index in [0.29, 0.717) is 12.1 Å². The number of nitrogens with zero attached hydrogens (tertiary/aromatic N) is 2. The van der Waals surface area contributed by atoms with Crippen molar-refractivity contribution in [2.75, 3.05) is 0 Å². The van der Waals surface area contributed by atoms with Crippen LogP contribution in [0.15, 0.2) is 75.1 Å². The molecule has 230 valence electrons. The fourth-order valence-electron chi connectivity index (χ4n) is 3.80. The molecular weight excluding hydrogens is 674 g/mol. The summed E-state index contributed by atoms with van der Waals surface area (Å²) in [6.07, 6.45) is 1.41. The zero-order chi connectivity index (χ0) is 31.6. The summed E-state index contributed by atoms with van der Waals surface area (Å²) >= 11 is 7.43. The maximum absolute atomic E-state index is 14.5. The van der Waals surface area contributed by atoms with Gasteiger partial charge in [-0.1, -0.05) is 30.3 Å². The van der Waals surface area contributed by atoms with Crippen molar-refractivity contribution in [3.05, 3.63) is 86.8 Å². The third-order valence-corrected chi connectivity index (χ3v) is 11.3. The van der Waals surface area contributed by atoms with Gasteiger partial charge in [0.05, 0.1) is 27.9 Å². The summed E-state index contributed by atoms with van der Waals surface area (Å²) in [6, 6.07) is 6.90. The zero-order valence-corrected chi connectivity index (χ0v) is 25.8. The summed E-state index contributed by atoms with van der Waals surface area (Å²) in [7, 11) is -9.12. The molecule has 0 radical (unpaired) electrons. The third kappa shape index (κ3) is 7.34. The summed E-state index contributed by atoms with van der Waals surface area (Å²) in [5.41, 5.74) is -2.34. The van der Waals surface area contributed by atoms with E-state index < -0.39 is 66.0 Å². The van der Waals surface area contributed by atoms with E-state index in [1.165, 1.54) is 42.9 Å². The molecule has 4 rings (SSSR count). The van der Waals surface area contributed by atoms with Crippen molar-refractivity contribution in [2.45, 2.75) is 40.6 Å². The number of halogens is 3. The molecule has 0 bridgehead atoms. The normalized spacial score (nSPS) is 16.9. The molecule has 2 unspecified atom stereocenters. The number of carbonyl (C=O) groups is 2. The summed E-state index contributed by atoms with van der Waals surface area (Å²) in [5, 5.41) is 10.3. The van der Waals surface area contributed by atoms with Gasteiger partial charge in [0.2, 0.25) is 20.0 Å². The number of hydroxylamine groups is 2. The number of thiazole rings is 1. The van der Waals surface area contributed by atoms with Gasteiger partial charge >= 0.3 is 11.9 Å². The van der Waals surface area contributed by atoms with E-state index in [9.17, 15) is 40.3 Å². The number of carbonyl (C=O) groups excluding carboxylic acids is 1. The minimum absolute atomic E-state index is 0.0333. The molecule has 3 aromatic rings. The number of rotatable bonds is 12. The number of hydrogen-bond donors (Lipinski definition) is 3. The molecule has 19 heteroatoms. The summed E-state index contributed by atoms with van der Waals surface area (Å²) in [6.45, 7) is 1.43. The van der Waals surface area contributed by atoms with E-state index in [1.54, 1.807) is 0 Å². The highest BCUT2D eigenvalue weighted by Crippen LogP contribution is 2.38. The average Bonchev–Trinajstić information content (AvgIpc) is 3.57. The maximum Gasteiger partial charge on any atom is 0.358 e. The predicted octanol–water partition coefficient (Wildman–Crippen LogP) is 3.74. The molecule has 0 fully saturated rings. The molecule has 0 aliphatic carbocycles.